The van der Waals surface area contributed by atoms with Crippen LogP contribution >= 0.6 is 0 Å². The molecule has 1 N–H and O–H groups in total. The lowest BCUT2D eigenvalue weighted by molar-refractivity contribution is -0.145. The maximum atomic E-state index is 13.6. The summed E-state index contributed by atoms with van der Waals surface area (Å²) in [6.45, 7) is 0.177. The molecule has 1 heterocycles. The molecule has 132 valence electrons. The minimum atomic E-state index is -0.767. The van der Waals surface area contributed by atoms with E-state index in [1.165, 1.54) is 6.07 Å². The van der Waals surface area contributed by atoms with Crippen molar-refractivity contribution in [1.82, 2.24) is 4.90 Å². The van der Waals surface area contributed by atoms with Crippen molar-refractivity contribution in [3.05, 3.63) is 65.5 Å². The van der Waals surface area contributed by atoms with E-state index in [4.69, 9.17) is 4.74 Å². The maximum Gasteiger partial charge on any atom is 0.320 e. The average Bonchev–Trinajstić information content (AvgIpc) is 2.61. The lowest BCUT2D eigenvalue weighted by Gasteiger charge is -2.37. The van der Waals surface area contributed by atoms with Gasteiger partial charge in [0.15, 0.2) is 0 Å². The van der Waals surface area contributed by atoms with Gasteiger partial charge in [-0.3, -0.25) is 9.69 Å². The molecule has 2 atom stereocenters. The molecule has 0 unspecified atom stereocenters. The molecule has 0 bridgehead atoms. The van der Waals surface area contributed by atoms with Gasteiger partial charge in [-0.05, 0) is 50.1 Å². The molecule has 0 aromatic heterocycles. The third-order valence-electron chi connectivity index (χ3n) is 4.84. The highest BCUT2D eigenvalue weighted by molar-refractivity contribution is 5.73. The maximum absolute atomic E-state index is 13.6. The zero-order chi connectivity index (χ0) is 17.8. The van der Waals surface area contributed by atoms with Gasteiger partial charge in [-0.1, -0.05) is 30.3 Å². The van der Waals surface area contributed by atoms with Crippen molar-refractivity contribution < 1.29 is 19.0 Å². The molecule has 25 heavy (non-hydrogen) atoms. The van der Waals surface area contributed by atoms with Crippen LogP contribution in [0.1, 0.15) is 36.4 Å². The Hall–Kier alpha value is -2.40. The number of aliphatic carboxylic acids is 1. The van der Waals surface area contributed by atoms with Crippen molar-refractivity contribution in [2.45, 2.75) is 38.0 Å². The largest absolute Gasteiger partial charge is 0.489 e. The number of likely N-dealkylation sites (N-methyl/N-ethyl adjacent to an activating group) is 1. The molecule has 0 amide bonds. The molecule has 1 fully saturated rings. The van der Waals surface area contributed by atoms with Gasteiger partial charge in [0.25, 0.3) is 0 Å². The number of carboxylic acid groups (broad SMARTS) is 1. The van der Waals surface area contributed by atoms with E-state index in [0.717, 1.165) is 18.4 Å². The molecule has 2 aromatic carbocycles. The van der Waals surface area contributed by atoms with Gasteiger partial charge in [0.1, 0.15) is 24.2 Å². The molecular weight excluding hydrogens is 321 g/mol. The third kappa shape index (κ3) is 3.99. The van der Waals surface area contributed by atoms with Crippen LogP contribution in [-0.2, 0) is 11.4 Å². The number of halogens is 1. The van der Waals surface area contributed by atoms with Crippen LogP contribution < -0.4 is 4.74 Å². The molecule has 3 rings (SSSR count). The monoisotopic (exact) mass is 343 g/mol. The fraction of sp³-hybridized carbons (Fsp3) is 0.350. The highest BCUT2D eigenvalue weighted by Gasteiger charge is 2.32. The summed E-state index contributed by atoms with van der Waals surface area (Å²) in [5.41, 5.74) is 1.59. The average molecular weight is 343 g/mol. The predicted octanol–water partition coefficient (Wildman–Crippen LogP) is 4.01. The van der Waals surface area contributed by atoms with E-state index in [9.17, 15) is 14.3 Å². The lowest BCUT2D eigenvalue weighted by Crippen LogP contribution is -2.43. The first kappa shape index (κ1) is 17.4. The number of hydrogen-bond acceptors (Lipinski definition) is 3. The molecule has 0 radical (unpaired) electrons. The zero-order valence-corrected chi connectivity index (χ0v) is 14.2. The fourth-order valence-electron chi connectivity index (χ4n) is 3.39. The number of nitrogens with zero attached hydrogens (tertiary/aromatic N) is 1. The number of ether oxygens (including phenoxy) is 1. The summed E-state index contributed by atoms with van der Waals surface area (Å²) in [4.78, 5) is 13.3. The first-order valence-electron chi connectivity index (χ1n) is 8.47. The highest BCUT2D eigenvalue weighted by Crippen LogP contribution is 2.33. The van der Waals surface area contributed by atoms with Crippen molar-refractivity contribution in [3.8, 4) is 5.75 Å². The van der Waals surface area contributed by atoms with Gasteiger partial charge in [-0.2, -0.15) is 0 Å². The fourth-order valence-corrected chi connectivity index (χ4v) is 3.39. The van der Waals surface area contributed by atoms with E-state index in [1.54, 1.807) is 18.2 Å². The van der Waals surface area contributed by atoms with Crippen LogP contribution in [0.4, 0.5) is 4.39 Å². The zero-order valence-electron chi connectivity index (χ0n) is 14.2. The van der Waals surface area contributed by atoms with Crippen LogP contribution in [0.15, 0.2) is 48.5 Å². The number of benzene rings is 2. The number of piperidine rings is 1. The summed E-state index contributed by atoms with van der Waals surface area (Å²) >= 11 is 0. The number of hydrogen-bond donors (Lipinski definition) is 1. The number of carboxylic acids is 1. The second kappa shape index (κ2) is 7.66. The van der Waals surface area contributed by atoms with E-state index < -0.39 is 12.0 Å². The predicted molar refractivity (Wildman–Crippen MR) is 93.0 cm³/mol. The van der Waals surface area contributed by atoms with Crippen molar-refractivity contribution in [1.29, 1.82) is 0 Å². The van der Waals surface area contributed by atoms with Gasteiger partial charge < -0.3 is 9.84 Å². The van der Waals surface area contributed by atoms with Gasteiger partial charge in [-0.15, -0.1) is 0 Å². The second-order valence-corrected chi connectivity index (χ2v) is 6.42. The van der Waals surface area contributed by atoms with E-state index in [-0.39, 0.29) is 18.5 Å². The first-order valence-corrected chi connectivity index (χ1v) is 8.47. The summed E-state index contributed by atoms with van der Waals surface area (Å²) in [7, 11) is 1.87. The van der Waals surface area contributed by atoms with Crippen molar-refractivity contribution in [3.63, 3.8) is 0 Å². The Morgan fingerprint density at radius 1 is 1.20 bits per heavy atom. The molecule has 2 aromatic rings. The highest BCUT2D eigenvalue weighted by atomic mass is 19.1. The molecule has 1 aliphatic rings. The summed E-state index contributed by atoms with van der Waals surface area (Å²) in [6, 6.07) is 13.8. The van der Waals surface area contributed by atoms with Crippen LogP contribution in [0.5, 0.6) is 5.75 Å². The number of likely N-dealkylation sites (tertiary alicyclic amines) is 1. The minimum absolute atomic E-state index is 0.0930. The minimum Gasteiger partial charge on any atom is -0.489 e. The van der Waals surface area contributed by atoms with Gasteiger partial charge >= 0.3 is 5.97 Å². The summed E-state index contributed by atoms with van der Waals surface area (Å²) in [5, 5.41) is 9.33. The van der Waals surface area contributed by atoms with Crippen LogP contribution in [-0.4, -0.2) is 29.1 Å². The summed E-state index contributed by atoms with van der Waals surface area (Å²) in [6.07, 6.45) is 2.53. The Labute approximate surface area is 146 Å². The smallest absolute Gasteiger partial charge is 0.320 e. The normalized spacial score (nSPS) is 21.0. The van der Waals surface area contributed by atoms with Crippen LogP contribution in [0, 0.1) is 5.82 Å². The van der Waals surface area contributed by atoms with E-state index >= 15 is 0 Å². The first-order chi connectivity index (χ1) is 12.1. The van der Waals surface area contributed by atoms with Crippen LogP contribution in [0.2, 0.25) is 0 Å². The molecule has 0 aliphatic carbocycles. The standard InChI is InChI=1S/C20H22FNO3/c1-22-18(7-4-8-19(22)20(23)24)14-9-11-16(12-10-14)25-13-15-5-2-3-6-17(15)21/h2-3,5-6,9-12,18-19H,4,7-8,13H2,1H3,(H,23,24)/t18-,19+/m1/s1. The molecule has 5 heteroatoms. The van der Waals surface area contributed by atoms with E-state index in [1.807, 2.05) is 36.2 Å². The van der Waals surface area contributed by atoms with Gasteiger partial charge in [-0.25, -0.2) is 4.39 Å². The number of carbonyl (C=O) groups is 1. The lowest BCUT2D eigenvalue weighted by atomic mass is 9.91. The van der Waals surface area contributed by atoms with Gasteiger partial charge in [0.05, 0.1) is 0 Å². The van der Waals surface area contributed by atoms with Crippen LogP contribution in [0.3, 0.4) is 0 Å². The molecular formula is C20H22FNO3. The Kier molecular flexibility index (Phi) is 5.34. The summed E-state index contributed by atoms with van der Waals surface area (Å²) in [5.74, 6) is -0.375. The molecule has 4 nitrogen and oxygen atoms in total. The van der Waals surface area contributed by atoms with E-state index in [0.29, 0.717) is 17.7 Å². The number of rotatable bonds is 5. The molecule has 1 saturated heterocycles. The molecule has 0 spiro atoms. The SMILES string of the molecule is CN1[C@@H](c2ccc(OCc3ccccc3F)cc2)CCC[C@H]1C(=O)O. The topological polar surface area (TPSA) is 49.8 Å². The van der Waals surface area contributed by atoms with Crippen molar-refractivity contribution >= 4 is 5.97 Å². The van der Waals surface area contributed by atoms with Gasteiger partial charge in [0.2, 0.25) is 0 Å². The van der Waals surface area contributed by atoms with Crippen LogP contribution in [0.25, 0.3) is 0 Å². The van der Waals surface area contributed by atoms with Gasteiger partial charge in [0, 0.05) is 11.6 Å². The Morgan fingerprint density at radius 2 is 1.92 bits per heavy atom. The Bertz CT molecular complexity index is 732. The van der Waals surface area contributed by atoms with Crippen molar-refractivity contribution in [2.75, 3.05) is 7.05 Å². The second-order valence-electron chi connectivity index (χ2n) is 6.42. The third-order valence-corrected chi connectivity index (χ3v) is 4.84. The van der Waals surface area contributed by atoms with Crippen molar-refractivity contribution in [2.24, 2.45) is 0 Å². The molecule has 0 saturated carbocycles. The Morgan fingerprint density at radius 3 is 2.60 bits per heavy atom. The quantitative estimate of drug-likeness (QED) is 0.891. The van der Waals surface area contributed by atoms with E-state index in [2.05, 4.69) is 0 Å². The Balaban J connectivity index is 1.66. The molecule has 1 aliphatic heterocycles. The summed E-state index contributed by atoms with van der Waals surface area (Å²) < 4.78 is 19.3.